The van der Waals surface area contributed by atoms with Crippen molar-refractivity contribution in [3.05, 3.63) is 58.1 Å². The van der Waals surface area contributed by atoms with Crippen LogP contribution in [0, 0.1) is 10.1 Å². The van der Waals surface area contributed by atoms with Gasteiger partial charge >= 0.3 is 0 Å². The third-order valence-electron chi connectivity index (χ3n) is 4.90. The van der Waals surface area contributed by atoms with Crippen LogP contribution >= 0.6 is 0 Å². The lowest BCUT2D eigenvalue weighted by Gasteiger charge is -2.22. The second kappa shape index (κ2) is 9.38. The molecule has 1 fully saturated rings. The maximum absolute atomic E-state index is 12.5. The lowest BCUT2D eigenvalue weighted by Crippen LogP contribution is -2.29. The quantitative estimate of drug-likeness (QED) is 0.485. The van der Waals surface area contributed by atoms with E-state index in [4.69, 9.17) is 9.47 Å². The molecule has 0 atom stereocenters. The van der Waals surface area contributed by atoms with E-state index in [1.165, 1.54) is 30.9 Å². The Labute approximate surface area is 169 Å². The molecule has 0 unspecified atom stereocenters. The number of nitro benzene ring substituents is 1. The molecule has 2 aromatic rings. The molecule has 0 heterocycles. The third kappa shape index (κ3) is 5.68. The van der Waals surface area contributed by atoms with Crippen molar-refractivity contribution in [2.75, 3.05) is 26.1 Å². The van der Waals surface area contributed by atoms with Crippen LogP contribution in [0.1, 0.15) is 24.8 Å². The molecule has 3 rings (SSSR count). The third-order valence-corrected chi connectivity index (χ3v) is 4.90. The molecule has 0 saturated heterocycles. The Morgan fingerprint density at radius 3 is 2.48 bits per heavy atom. The Kier molecular flexibility index (Phi) is 6.66. The van der Waals surface area contributed by atoms with Gasteiger partial charge in [0.1, 0.15) is 11.5 Å². The molecular formula is C21H25N3O5. The summed E-state index contributed by atoms with van der Waals surface area (Å²) in [6, 6.07) is 12.6. The smallest absolute Gasteiger partial charge is 0.271 e. The number of nitrogens with one attached hydrogen (secondary N) is 1. The first kappa shape index (κ1) is 20.6. The molecule has 154 valence electrons. The number of nitro groups is 1. The highest BCUT2D eigenvalue weighted by Crippen LogP contribution is 2.30. The highest BCUT2D eigenvalue weighted by atomic mass is 16.6. The lowest BCUT2D eigenvalue weighted by atomic mass is 10.2. The minimum atomic E-state index is -0.501. The van der Waals surface area contributed by atoms with Gasteiger partial charge in [-0.25, -0.2) is 0 Å². The number of anilines is 1. The zero-order chi connectivity index (χ0) is 20.8. The van der Waals surface area contributed by atoms with Crippen molar-refractivity contribution >= 4 is 17.3 Å². The number of amides is 1. The molecule has 8 nitrogen and oxygen atoms in total. The zero-order valence-electron chi connectivity index (χ0n) is 16.6. The maximum atomic E-state index is 12.5. The minimum absolute atomic E-state index is 0.0970. The van der Waals surface area contributed by atoms with Gasteiger partial charge in [-0.1, -0.05) is 12.1 Å². The largest absolute Gasteiger partial charge is 0.497 e. The van der Waals surface area contributed by atoms with Gasteiger partial charge in [-0.2, -0.15) is 0 Å². The van der Waals surface area contributed by atoms with E-state index in [0.29, 0.717) is 30.4 Å². The minimum Gasteiger partial charge on any atom is -0.497 e. The normalized spacial score (nSPS) is 13.2. The number of hydrogen-bond acceptors (Lipinski definition) is 6. The number of hydrogen-bond donors (Lipinski definition) is 1. The number of non-ortho nitro benzene ring substituents is 1. The predicted molar refractivity (Wildman–Crippen MR) is 109 cm³/mol. The van der Waals surface area contributed by atoms with Gasteiger partial charge in [0.05, 0.1) is 24.8 Å². The van der Waals surface area contributed by atoms with Crippen LogP contribution in [0.3, 0.4) is 0 Å². The van der Waals surface area contributed by atoms with Crippen molar-refractivity contribution < 1.29 is 19.2 Å². The number of carbonyl (C=O) groups is 1. The lowest BCUT2D eigenvalue weighted by molar-refractivity contribution is -0.384. The van der Waals surface area contributed by atoms with Gasteiger partial charge in [0.25, 0.3) is 5.69 Å². The summed E-state index contributed by atoms with van der Waals surface area (Å²) in [5.74, 6) is 1.00. The first-order valence-electron chi connectivity index (χ1n) is 9.49. The van der Waals surface area contributed by atoms with Crippen LogP contribution in [0.5, 0.6) is 11.5 Å². The van der Waals surface area contributed by atoms with E-state index in [0.717, 1.165) is 25.1 Å². The number of methoxy groups -OCH3 is 2. The maximum Gasteiger partial charge on any atom is 0.271 e. The second-order valence-electron chi connectivity index (χ2n) is 6.99. The Bertz CT molecular complexity index is 865. The van der Waals surface area contributed by atoms with E-state index in [1.54, 1.807) is 7.11 Å². The summed E-state index contributed by atoms with van der Waals surface area (Å²) >= 11 is 0. The van der Waals surface area contributed by atoms with Gasteiger partial charge in [-0.15, -0.1) is 0 Å². The average Bonchev–Trinajstić information content (AvgIpc) is 3.56. The van der Waals surface area contributed by atoms with Crippen LogP contribution in [0.4, 0.5) is 11.4 Å². The van der Waals surface area contributed by atoms with E-state index in [9.17, 15) is 14.9 Å². The summed E-state index contributed by atoms with van der Waals surface area (Å²) in [6.07, 6.45) is 2.56. The zero-order valence-corrected chi connectivity index (χ0v) is 16.6. The molecule has 0 spiro atoms. The molecule has 1 saturated carbocycles. The predicted octanol–water partition coefficient (Wildman–Crippen LogP) is 3.61. The molecule has 0 aliphatic heterocycles. The SMILES string of the molecule is COc1ccc(CN(CCC(=O)Nc2cc([N+](=O)[O-])ccc2OC)C2CC2)cc1. The monoisotopic (exact) mass is 399 g/mol. The van der Waals surface area contributed by atoms with Crippen molar-refractivity contribution in [1.29, 1.82) is 0 Å². The fraction of sp³-hybridized carbons (Fsp3) is 0.381. The van der Waals surface area contributed by atoms with Crippen molar-refractivity contribution in [2.24, 2.45) is 0 Å². The number of nitrogens with zero attached hydrogens (tertiary/aromatic N) is 2. The summed E-state index contributed by atoms with van der Waals surface area (Å²) in [5, 5.41) is 13.7. The highest BCUT2D eigenvalue weighted by molar-refractivity contribution is 5.92. The molecule has 29 heavy (non-hydrogen) atoms. The first-order chi connectivity index (χ1) is 14.0. The van der Waals surface area contributed by atoms with Crippen LogP contribution in [0.25, 0.3) is 0 Å². The van der Waals surface area contributed by atoms with Crippen LogP contribution in [-0.2, 0) is 11.3 Å². The van der Waals surface area contributed by atoms with Gasteiger partial charge in [0.2, 0.25) is 5.91 Å². The molecule has 8 heteroatoms. The molecule has 0 aromatic heterocycles. The average molecular weight is 399 g/mol. The van der Waals surface area contributed by atoms with Crippen molar-refractivity contribution in [2.45, 2.75) is 31.8 Å². The molecule has 1 aliphatic rings. The van der Waals surface area contributed by atoms with E-state index in [1.807, 2.05) is 24.3 Å². The molecule has 1 N–H and O–H groups in total. The van der Waals surface area contributed by atoms with Gasteiger partial charge < -0.3 is 14.8 Å². The van der Waals surface area contributed by atoms with Crippen molar-refractivity contribution in [1.82, 2.24) is 4.90 Å². The Morgan fingerprint density at radius 2 is 1.90 bits per heavy atom. The summed E-state index contributed by atoms with van der Waals surface area (Å²) in [4.78, 5) is 25.2. The molecular weight excluding hydrogens is 374 g/mol. The summed E-state index contributed by atoms with van der Waals surface area (Å²) < 4.78 is 10.4. The van der Waals surface area contributed by atoms with Crippen LogP contribution in [-0.4, -0.2) is 42.5 Å². The number of rotatable bonds is 10. The van der Waals surface area contributed by atoms with Crippen LogP contribution in [0.15, 0.2) is 42.5 Å². The van der Waals surface area contributed by atoms with Gasteiger partial charge in [-0.05, 0) is 36.6 Å². The van der Waals surface area contributed by atoms with Gasteiger partial charge in [-0.3, -0.25) is 19.8 Å². The van der Waals surface area contributed by atoms with E-state index < -0.39 is 4.92 Å². The standard InChI is InChI=1S/C21H25N3O5/c1-28-18-8-3-15(4-9-18)14-23(16-5-6-16)12-11-21(25)22-19-13-17(24(26)27)7-10-20(19)29-2/h3-4,7-10,13,16H,5-6,11-12,14H2,1-2H3,(H,22,25). The summed E-state index contributed by atoms with van der Waals surface area (Å²) in [7, 11) is 3.10. The summed E-state index contributed by atoms with van der Waals surface area (Å²) in [5.41, 5.74) is 1.37. The Morgan fingerprint density at radius 1 is 1.17 bits per heavy atom. The van der Waals surface area contributed by atoms with Crippen LogP contribution < -0.4 is 14.8 Å². The molecule has 1 amide bonds. The number of ether oxygens (including phenoxy) is 2. The number of carbonyl (C=O) groups excluding carboxylic acids is 1. The van der Waals surface area contributed by atoms with Gasteiger partial charge in [0, 0.05) is 37.7 Å². The molecule has 1 aliphatic carbocycles. The fourth-order valence-electron chi connectivity index (χ4n) is 3.16. The molecule has 0 radical (unpaired) electrons. The second-order valence-corrected chi connectivity index (χ2v) is 6.99. The first-order valence-corrected chi connectivity index (χ1v) is 9.49. The molecule has 2 aromatic carbocycles. The van der Waals surface area contributed by atoms with E-state index >= 15 is 0 Å². The fourth-order valence-corrected chi connectivity index (χ4v) is 3.16. The van der Waals surface area contributed by atoms with Crippen molar-refractivity contribution in [3.63, 3.8) is 0 Å². The van der Waals surface area contributed by atoms with Gasteiger partial charge in [0.15, 0.2) is 0 Å². The number of benzene rings is 2. The summed E-state index contributed by atoms with van der Waals surface area (Å²) in [6.45, 7) is 1.38. The Hall–Kier alpha value is -3.13. The van der Waals surface area contributed by atoms with E-state index in [-0.39, 0.29) is 11.6 Å². The van der Waals surface area contributed by atoms with E-state index in [2.05, 4.69) is 10.2 Å². The topological polar surface area (TPSA) is 93.9 Å². The highest BCUT2D eigenvalue weighted by Gasteiger charge is 2.29. The molecule has 0 bridgehead atoms. The van der Waals surface area contributed by atoms with Crippen molar-refractivity contribution in [3.8, 4) is 11.5 Å². The van der Waals surface area contributed by atoms with Crippen LogP contribution in [0.2, 0.25) is 0 Å². The Balaban J connectivity index is 1.59.